The monoisotopic (exact) mass is 265 g/mol. The Morgan fingerprint density at radius 3 is 2.60 bits per heavy atom. The van der Waals surface area contributed by atoms with E-state index in [4.69, 9.17) is 10.5 Å². The second kappa shape index (κ2) is 5.14. The van der Waals surface area contributed by atoms with Crippen molar-refractivity contribution in [1.29, 1.82) is 10.5 Å². The standard InChI is InChI=1S/C10H5BrFN3/c11-9-3-8(1-2-10(9)12)15-6-7(4-13)5-14/h1-3,6,15H. The van der Waals surface area contributed by atoms with Crippen LogP contribution in [0.2, 0.25) is 0 Å². The highest BCUT2D eigenvalue weighted by atomic mass is 79.9. The smallest absolute Gasteiger partial charge is 0.145 e. The zero-order chi connectivity index (χ0) is 11.3. The van der Waals surface area contributed by atoms with Gasteiger partial charge >= 0.3 is 0 Å². The van der Waals surface area contributed by atoms with Gasteiger partial charge in [-0.1, -0.05) is 0 Å². The second-order valence-corrected chi connectivity index (χ2v) is 3.41. The van der Waals surface area contributed by atoms with Crippen LogP contribution in [0.25, 0.3) is 0 Å². The quantitative estimate of drug-likeness (QED) is 0.837. The van der Waals surface area contributed by atoms with E-state index in [1.807, 2.05) is 0 Å². The van der Waals surface area contributed by atoms with Crippen molar-refractivity contribution in [3.8, 4) is 12.1 Å². The first-order valence-corrected chi connectivity index (χ1v) is 4.68. The fraction of sp³-hybridized carbons (Fsp3) is 0. The SMILES string of the molecule is N#CC(C#N)=CNc1ccc(F)c(Br)c1. The summed E-state index contributed by atoms with van der Waals surface area (Å²) in [6.45, 7) is 0. The number of nitrogens with one attached hydrogen (secondary N) is 1. The third-order valence-electron chi connectivity index (χ3n) is 1.54. The zero-order valence-electron chi connectivity index (χ0n) is 7.46. The van der Waals surface area contributed by atoms with Crippen molar-refractivity contribution in [1.82, 2.24) is 0 Å². The number of nitriles is 2. The maximum Gasteiger partial charge on any atom is 0.145 e. The lowest BCUT2D eigenvalue weighted by molar-refractivity contribution is 0.621. The van der Waals surface area contributed by atoms with Crippen molar-refractivity contribution in [2.24, 2.45) is 0 Å². The second-order valence-electron chi connectivity index (χ2n) is 2.55. The van der Waals surface area contributed by atoms with Crippen LogP contribution >= 0.6 is 15.9 Å². The van der Waals surface area contributed by atoms with Crippen molar-refractivity contribution in [3.05, 3.63) is 40.3 Å². The van der Waals surface area contributed by atoms with E-state index in [0.29, 0.717) is 10.2 Å². The Morgan fingerprint density at radius 1 is 1.40 bits per heavy atom. The highest BCUT2D eigenvalue weighted by molar-refractivity contribution is 9.10. The van der Waals surface area contributed by atoms with Crippen LogP contribution < -0.4 is 5.32 Å². The summed E-state index contributed by atoms with van der Waals surface area (Å²) in [5.41, 5.74) is 0.543. The minimum Gasteiger partial charge on any atom is -0.360 e. The van der Waals surface area contributed by atoms with Crippen LogP contribution in [-0.2, 0) is 0 Å². The first kappa shape index (κ1) is 11.2. The van der Waals surface area contributed by atoms with E-state index in [0.717, 1.165) is 0 Å². The molecule has 0 amide bonds. The molecule has 3 nitrogen and oxygen atoms in total. The third-order valence-corrected chi connectivity index (χ3v) is 2.15. The summed E-state index contributed by atoms with van der Waals surface area (Å²) in [4.78, 5) is 0. The Balaban J connectivity index is 2.84. The van der Waals surface area contributed by atoms with E-state index in [-0.39, 0.29) is 11.4 Å². The molecule has 0 fully saturated rings. The van der Waals surface area contributed by atoms with E-state index in [2.05, 4.69) is 21.2 Å². The minimum atomic E-state index is -0.370. The van der Waals surface area contributed by atoms with Crippen molar-refractivity contribution < 1.29 is 4.39 Å². The molecule has 1 aromatic carbocycles. The topological polar surface area (TPSA) is 59.6 Å². The van der Waals surface area contributed by atoms with Gasteiger partial charge in [0, 0.05) is 11.9 Å². The van der Waals surface area contributed by atoms with E-state index in [1.54, 1.807) is 12.1 Å². The molecule has 0 unspecified atom stereocenters. The third kappa shape index (κ3) is 3.08. The van der Waals surface area contributed by atoms with E-state index < -0.39 is 0 Å². The Bertz CT molecular complexity index is 466. The fourth-order valence-electron chi connectivity index (χ4n) is 0.831. The van der Waals surface area contributed by atoms with E-state index in [9.17, 15) is 4.39 Å². The van der Waals surface area contributed by atoms with Crippen LogP contribution in [0, 0.1) is 28.5 Å². The molecule has 0 heterocycles. The molecule has 1 N–H and O–H groups in total. The summed E-state index contributed by atoms with van der Waals surface area (Å²) in [5, 5.41) is 19.6. The number of allylic oxidation sites excluding steroid dienone is 1. The van der Waals surface area contributed by atoms with Crippen LogP contribution in [0.4, 0.5) is 10.1 Å². The van der Waals surface area contributed by atoms with Gasteiger partial charge in [-0.15, -0.1) is 0 Å². The van der Waals surface area contributed by atoms with Gasteiger partial charge in [0.1, 0.15) is 23.5 Å². The fourth-order valence-corrected chi connectivity index (χ4v) is 1.21. The molecule has 0 saturated heterocycles. The van der Waals surface area contributed by atoms with Crippen molar-refractivity contribution in [2.45, 2.75) is 0 Å². The number of benzene rings is 1. The lowest BCUT2D eigenvalue weighted by Gasteiger charge is -2.01. The van der Waals surface area contributed by atoms with Crippen LogP contribution in [-0.4, -0.2) is 0 Å². The maximum absolute atomic E-state index is 12.8. The van der Waals surface area contributed by atoms with Crippen molar-refractivity contribution >= 4 is 21.6 Å². The van der Waals surface area contributed by atoms with Gasteiger partial charge in [0.05, 0.1) is 4.47 Å². The number of halogens is 2. The molecule has 0 bridgehead atoms. The summed E-state index contributed by atoms with van der Waals surface area (Å²) in [6, 6.07) is 7.69. The summed E-state index contributed by atoms with van der Waals surface area (Å²) in [7, 11) is 0. The lowest BCUT2D eigenvalue weighted by Crippen LogP contribution is -1.90. The van der Waals surface area contributed by atoms with Gasteiger partial charge in [0.2, 0.25) is 0 Å². The molecule has 15 heavy (non-hydrogen) atoms. The molecule has 0 atom stereocenters. The van der Waals surface area contributed by atoms with Crippen LogP contribution in [0.3, 0.4) is 0 Å². The molecule has 0 aliphatic rings. The largest absolute Gasteiger partial charge is 0.360 e. The maximum atomic E-state index is 12.8. The van der Waals surface area contributed by atoms with Gasteiger partial charge in [0.15, 0.2) is 0 Å². The van der Waals surface area contributed by atoms with E-state index >= 15 is 0 Å². The molecule has 1 rings (SSSR count). The first-order valence-electron chi connectivity index (χ1n) is 3.89. The average molecular weight is 266 g/mol. The van der Waals surface area contributed by atoms with Crippen LogP contribution in [0.1, 0.15) is 0 Å². The van der Waals surface area contributed by atoms with Gasteiger partial charge in [-0.2, -0.15) is 10.5 Å². The highest BCUT2D eigenvalue weighted by Crippen LogP contribution is 2.19. The molecule has 0 aliphatic heterocycles. The summed E-state index contributed by atoms with van der Waals surface area (Å²) < 4.78 is 13.2. The molecular weight excluding hydrogens is 261 g/mol. The lowest BCUT2D eigenvalue weighted by atomic mass is 10.3. The zero-order valence-corrected chi connectivity index (χ0v) is 9.05. The molecule has 1 aromatic rings. The Kier molecular flexibility index (Phi) is 3.84. The Labute approximate surface area is 94.6 Å². The number of nitrogens with zero attached hydrogens (tertiary/aromatic N) is 2. The van der Waals surface area contributed by atoms with Gasteiger partial charge in [-0.3, -0.25) is 0 Å². The van der Waals surface area contributed by atoms with Gasteiger partial charge in [-0.05, 0) is 34.1 Å². The van der Waals surface area contributed by atoms with Gasteiger partial charge in [0.25, 0.3) is 0 Å². The number of anilines is 1. The van der Waals surface area contributed by atoms with Crippen LogP contribution in [0.5, 0.6) is 0 Å². The summed E-state index contributed by atoms with van der Waals surface area (Å²) in [6.07, 6.45) is 1.26. The normalized spacial score (nSPS) is 8.53. The molecule has 74 valence electrons. The molecule has 0 saturated carbocycles. The number of rotatable bonds is 2. The molecule has 0 radical (unpaired) electrons. The molecular formula is C10H5BrFN3. The number of hydrogen-bond acceptors (Lipinski definition) is 3. The molecule has 0 spiro atoms. The molecule has 0 aliphatic carbocycles. The molecule has 0 aromatic heterocycles. The van der Waals surface area contributed by atoms with Crippen molar-refractivity contribution in [3.63, 3.8) is 0 Å². The summed E-state index contributed by atoms with van der Waals surface area (Å²) >= 11 is 3.02. The van der Waals surface area contributed by atoms with Crippen LogP contribution in [0.15, 0.2) is 34.4 Å². The van der Waals surface area contributed by atoms with Gasteiger partial charge in [-0.25, -0.2) is 4.39 Å². The first-order chi connectivity index (χ1) is 7.17. The molecule has 5 heteroatoms. The Morgan fingerprint density at radius 2 is 2.07 bits per heavy atom. The summed E-state index contributed by atoms with van der Waals surface area (Å²) in [5.74, 6) is -0.370. The number of hydrogen-bond donors (Lipinski definition) is 1. The van der Waals surface area contributed by atoms with Crippen molar-refractivity contribution in [2.75, 3.05) is 5.32 Å². The predicted molar refractivity (Wildman–Crippen MR) is 57.0 cm³/mol. The average Bonchev–Trinajstić information content (AvgIpc) is 2.24. The Hall–Kier alpha value is -1.85. The van der Waals surface area contributed by atoms with E-state index in [1.165, 1.54) is 24.4 Å². The van der Waals surface area contributed by atoms with Gasteiger partial charge < -0.3 is 5.32 Å². The highest BCUT2D eigenvalue weighted by Gasteiger charge is 1.99. The minimum absolute atomic E-state index is 0.0459. The predicted octanol–water partition coefficient (Wildman–Crippen LogP) is 2.93.